The van der Waals surface area contributed by atoms with Crippen LogP contribution in [0.1, 0.15) is 162 Å². The van der Waals surface area contributed by atoms with Crippen molar-refractivity contribution < 1.29 is 37.3 Å². The van der Waals surface area contributed by atoms with Gasteiger partial charge >= 0.3 is 13.8 Å². The molecule has 0 rings (SSSR count). The van der Waals surface area contributed by atoms with Crippen molar-refractivity contribution in [3.63, 3.8) is 0 Å². The molecule has 0 spiro atoms. The molecule has 2 unspecified atom stereocenters. The highest BCUT2D eigenvalue weighted by atomic mass is 31.2. The van der Waals surface area contributed by atoms with E-state index in [2.05, 4.69) is 74.6 Å². The molecule has 0 aromatic heterocycles. The molecule has 0 heterocycles. The summed E-state index contributed by atoms with van der Waals surface area (Å²) in [6, 6.07) is 0. The predicted octanol–water partition coefficient (Wildman–Crippen LogP) is 12.5. The second-order valence-electron chi connectivity index (χ2n) is 15.3. The van der Waals surface area contributed by atoms with Crippen molar-refractivity contribution in [1.29, 1.82) is 0 Å². The number of hydrogen-bond donors (Lipinski definition) is 1. The lowest BCUT2D eigenvalue weighted by molar-refractivity contribution is -0.870. The quantitative estimate of drug-likeness (QED) is 0.0218. The molecule has 1 N–H and O–H groups in total. The van der Waals surface area contributed by atoms with E-state index < -0.39 is 13.9 Å². The molecule has 0 saturated heterocycles. The van der Waals surface area contributed by atoms with Gasteiger partial charge in [-0.3, -0.25) is 13.8 Å². The van der Waals surface area contributed by atoms with Gasteiger partial charge in [0.15, 0.2) is 0 Å². The van der Waals surface area contributed by atoms with Crippen LogP contribution in [0.15, 0.2) is 60.8 Å². The summed E-state index contributed by atoms with van der Waals surface area (Å²) >= 11 is 0. The molecule has 54 heavy (non-hydrogen) atoms. The number of carbonyl (C=O) groups is 1. The van der Waals surface area contributed by atoms with Crippen LogP contribution in [0.2, 0.25) is 0 Å². The van der Waals surface area contributed by atoms with Gasteiger partial charge in [-0.2, -0.15) is 0 Å². The lowest BCUT2D eigenvalue weighted by Gasteiger charge is -2.24. The number of hydrogen-bond acceptors (Lipinski definition) is 6. The average Bonchev–Trinajstić information content (AvgIpc) is 3.12. The van der Waals surface area contributed by atoms with Gasteiger partial charge in [-0.15, -0.1) is 0 Å². The number of esters is 1. The zero-order valence-corrected chi connectivity index (χ0v) is 36.3. The molecule has 0 aliphatic heterocycles. The number of carbonyl (C=O) groups excluding carboxylic acids is 1. The molecule has 0 bridgehead atoms. The fourth-order valence-electron chi connectivity index (χ4n) is 5.49. The van der Waals surface area contributed by atoms with Gasteiger partial charge < -0.3 is 18.9 Å². The third-order valence-corrected chi connectivity index (χ3v) is 9.78. The minimum Gasteiger partial charge on any atom is -0.457 e. The molecule has 8 nitrogen and oxygen atoms in total. The van der Waals surface area contributed by atoms with Crippen LogP contribution < -0.4 is 0 Å². The zero-order chi connectivity index (χ0) is 39.9. The van der Waals surface area contributed by atoms with E-state index in [1.807, 2.05) is 21.1 Å². The SMILES string of the molecule is CC/C=C\C/C=C\C/C=C\C/C=C\CCCCCCCCCCC(=O)OC(COCCCCCCCC/C=C\CCC)COP(=O)(O)OCC[N+](C)(C)C. The maximum Gasteiger partial charge on any atom is 0.472 e. The largest absolute Gasteiger partial charge is 0.472 e. The minimum atomic E-state index is -4.28. The summed E-state index contributed by atoms with van der Waals surface area (Å²) in [5, 5.41) is 0. The molecular weight excluding hydrogens is 697 g/mol. The summed E-state index contributed by atoms with van der Waals surface area (Å²) in [7, 11) is 1.65. The molecular formula is C45H83NO7P+. The summed E-state index contributed by atoms with van der Waals surface area (Å²) in [4.78, 5) is 22.9. The standard InChI is InChI=1S/C45H82NO7P/c1-6-8-10-12-14-16-18-19-20-21-22-23-24-25-26-27-28-30-32-34-36-38-45(47)53-44(43-52-54(48,49)51-41-39-46(3,4)5)42-50-40-37-35-33-31-29-17-15-13-11-9-7-2/h8,10-11,13-14,16,19-20,22-23,44H,6-7,9,12,15,17-18,21,24-43H2,1-5H3/p+1/b10-8-,13-11-,16-14-,20-19-,23-22-. The Morgan fingerprint density at radius 2 is 1.07 bits per heavy atom. The van der Waals surface area contributed by atoms with E-state index in [9.17, 15) is 14.3 Å². The van der Waals surface area contributed by atoms with Crippen molar-refractivity contribution in [1.82, 2.24) is 0 Å². The normalized spacial score (nSPS) is 14.4. The number of allylic oxidation sites excluding steroid dienone is 10. The first kappa shape index (κ1) is 52.2. The smallest absolute Gasteiger partial charge is 0.457 e. The Hall–Kier alpha value is -1.80. The van der Waals surface area contributed by atoms with Crippen LogP contribution in [0.3, 0.4) is 0 Å². The van der Waals surface area contributed by atoms with Crippen LogP contribution in [0.4, 0.5) is 0 Å². The van der Waals surface area contributed by atoms with Crippen molar-refractivity contribution in [3.8, 4) is 0 Å². The maximum absolute atomic E-state index is 12.7. The molecule has 0 fully saturated rings. The van der Waals surface area contributed by atoms with E-state index in [0.29, 0.717) is 24.1 Å². The van der Waals surface area contributed by atoms with Crippen LogP contribution in [0, 0.1) is 0 Å². The van der Waals surface area contributed by atoms with Crippen LogP contribution in [0.25, 0.3) is 0 Å². The second kappa shape index (κ2) is 38.1. The van der Waals surface area contributed by atoms with Gasteiger partial charge in [-0.05, 0) is 70.6 Å². The van der Waals surface area contributed by atoms with Crippen LogP contribution in [-0.2, 0) is 27.9 Å². The van der Waals surface area contributed by atoms with Crippen LogP contribution in [0.5, 0.6) is 0 Å². The maximum atomic E-state index is 12.7. The van der Waals surface area contributed by atoms with Crippen molar-refractivity contribution in [3.05, 3.63) is 60.8 Å². The molecule has 0 saturated carbocycles. The first-order chi connectivity index (χ1) is 26.1. The van der Waals surface area contributed by atoms with E-state index in [0.717, 1.165) is 64.2 Å². The van der Waals surface area contributed by atoms with Crippen LogP contribution >= 0.6 is 7.82 Å². The highest BCUT2D eigenvalue weighted by Gasteiger charge is 2.26. The van der Waals surface area contributed by atoms with Gasteiger partial charge in [-0.1, -0.05) is 145 Å². The molecule has 0 aromatic rings. The number of unbranched alkanes of at least 4 members (excludes halogenated alkanes) is 15. The monoisotopic (exact) mass is 781 g/mol. The molecule has 0 aromatic carbocycles. The van der Waals surface area contributed by atoms with Gasteiger partial charge in [0, 0.05) is 13.0 Å². The third-order valence-electron chi connectivity index (χ3n) is 8.79. The predicted molar refractivity (Wildman–Crippen MR) is 229 cm³/mol. The highest BCUT2D eigenvalue weighted by Crippen LogP contribution is 2.43. The molecule has 9 heteroatoms. The lowest BCUT2D eigenvalue weighted by atomic mass is 10.1. The first-order valence-electron chi connectivity index (χ1n) is 21.5. The number of rotatable bonds is 39. The number of phosphoric ester groups is 1. The first-order valence-corrected chi connectivity index (χ1v) is 23.0. The Bertz CT molecular complexity index is 1050. The zero-order valence-electron chi connectivity index (χ0n) is 35.4. The number of phosphoric acid groups is 1. The number of likely N-dealkylation sites (N-methyl/N-ethyl adjacent to an activating group) is 1. The summed E-state index contributed by atoms with van der Waals surface area (Å²) < 4.78 is 34.9. The molecule has 0 amide bonds. The van der Waals surface area contributed by atoms with Gasteiger partial charge in [-0.25, -0.2) is 4.57 Å². The fraction of sp³-hybridized carbons (Fsp3) is 0.756. The van der Waals surface area contributed by atoms with Gasteiger partial charge in [0.05, 0.1) is 34.4 Å². The van der Waals surface area contributed by atoms with Crippen molar-refractivity contribution >= 4 is 13.8 Å². The topological polar surface area (TPSA) is 91.3 Å². The van der Waals surface area contributed by atoms with Crippen molar-refractivity contribution in [2.75, 3.05) is 54.1 Å². The summed E-state index contributed by atoms with van der Waals surface area (Å²) in [6.45, 7) is 5.42. The van der Waals surface area contributed by atoms with Crippen LogP contribution in [-0.4, -0.2) is 75.6 Å². The van der Waals surface area contributed by atoms with E-state index >= 15 is 0 Å². The Morgan fingerprint density at radius 3 is 1.63 bits per heavy atom. The Kier molecular flexibility index (Phi) is 36.8. The minimum absolute atomic E-state index is 0.0832. The molecule has 0 radical (unpaired) electrons. The Balaban J connectivity index is 4.22. The van der Waals surface area contributed by atoms with Crippen molar-refractivity contribution in [2.45, 2.75) is 168 Å². The van der Waals surface area contributed by atoms with Gasteiger partial charge in [0.2, 0.25) is 0 Å². The second-order valence-corrected chi connectivity index (χ2v) is 16.8. The van der Waals surface area contributed by atoms with Gasteiger partial charge in [0.25, 0.3) is 0 Å². The van der Waals surface area contributed by atoms with E-state index in [-0.39, 0.29) is 25.8 Å². The number of quaternary nitrogens is 1. The molecule has 2 atom stereocenters. The van der Waals surface area contributed by atoms with E-state index in [1.54, 1.807) is 0 Å². The molecule has 0 aliphatic rings. The third kappa shape index (κ3) is 41.4. The molecule has 0 aliphatic carbocycles. The average molecular weight is 781 g/mol. The summed E-state index contributed by atoms with van der Waals surface area (Å²) in [5.41, 5.74) is 0. The summed E-state index contributed by atoms with van der Waals surface area (Å²) in [6.07, 6.45) is 46.8. The molecule has 314 valence electrons. The Morgan fingerprint density at radius 1 is 0.593 bits per heavy atom. The number of nitrogens with zero attached hydrogens (tertiary/aromatic N) is 1. The number of ether oxygens (including phenoxy) is 2. The summed E-state index contributed by atoms with van der Waals surface area (Å²) in [5.74, 6) is -0.327. The van der Waals surface area contributed by atoms with Gasteiger partial charge in [0.1, 0.15) is 19.3 Å². The lowest BCUT2D eigenvalue weighted by Crippen LogP contribution is -2.37. The van der Waals surface area contributed by atoms with E-state index in [1.165, 1.54) is 77.0 Å². The highest BCUT2D eigenvalue weighted by molar-refractivity contribution is 7.47. The van der Waals surface area contributed by atoms with Crippen molar-refractivity contribution in [2.24, 2.45) is 0 Å². The Labute approximate surface area is 332 Å². The fourth-order valence-corrected chi connectivity index (χ4v) is 6.23. The van der Waals surface area contributed by atoms with E-state index in [4.69, 9.17) is 18.5 Å².